The van der Waals surface area contributed by atoms with Gasteiger partial charge < -0.3 is 10.2 Å². The zero-order chi connectivity index (χ0) is 27.0. The average Bonchev–Trinajstić information content (AvgIpc) is 2.80. The SMILES string of the molecule is Cc1cccc(N(CCCC(=O)N(Cc2ccccc2F)C(C)C(=O)NCC(C)C)S(C)(=O)=O)c1C. The molecule has 0 saturated carbocycles. The van der Waals surface area contributed by atoms with Crippen molar-refractivity contribution in [3.8, 4) is 0 Å². The normalized spacial score (nSPS) is 12.3. The van der Waals surface area contributed by atoms with Crippen molar-refractivity contribution in [3.63, 3.8) is 0 Å². The van der Waals surface area contributed by atoms with Crippen LogP contribution in [-0.2, 0) is 26.2 Å². The van der Waals surface area contributed by atoms with Crippen LogP contribution < -0.4 is 9.62 Å². The minimum absolute atomic E-state index is 0.00708. The van der Waals surface area contributed by atoms with Crippen molar-refractivity contribution in [3.05, 3.63) is 65.0 Å². The molecule has 2 amide bonds. The van der Waals surface area contributed by atoms with Crippen molar-refractivity contribution >= 4 is 27.5 Å². The van der Waals surface area contributed by atoms with Gasteiger partial charge in [0, 0.05) is 31.6 Å². The van der Waals surface area contributed by atoms with Crippen molar-refractivity contribution < 1.29 is 22.4 Å². The van der Waals surface area contributed by atoms with Gasteiger partial charge in [0.15, 0.2) is 0 Å². The van der Waals surface area contributed by atoms with Crippen LogP contribution in [-0.4, -0.2) is 50.5 Å². The summed E-state index contributed by atoms with van der Waals surface area (Å²) in [6.45, 7) is 9.84. The molecule has 36 heavy (non-hydrogen) atoms. The molecule has 1 N–H and O–H groups in total. The second-order valence-corrected chi connectivity index (χ2v) is 11.5. The van der Waals surface area contributed by atoms with Crippen LogP contribution in [0.3, 0.4) is 0 Å². The number of carbonyl (C=O) groups excluding carboxylic acids is 2. The molecule has 1 atom stereocenters. The molecule has 2 aromatic rings. The summed E-state index contributed by atoms with van der Waals surface area (Å²) < 4.78 is 40.8. The molecule has 0 fully saturated rings. The van der Waals surface area contributed by atoms with E-state index in [0.717, 1.165) is 17.4 Å². The maximum atomic E-state index is 14.4. The van der Waals surface area contributed by atoms with Crippen LogP contribution in [0.2, 0.25) is 0 Å². The van der Waals surface area contributed by atoms with E-state index < -0.39 is 21.9 Å². The molecule has 0 spiro atoms. The Bertz CT molecular complexity index is 1170. The van der Waals surface area contributed by atoms with E-state index in [0.29, 0.717) is 17.8 Å². The standard InChI is InChI=1S/C27H38FN3O4S/c1-19(2)17-29-27(33)22(5)30(18-23-12-7-8-13-24(23)28)26(32)15-10-16-31(36(6,34)35)25-14-9-11-20(3)21(25)4/h7-9,11-14,19,22H,10,15-18H2,1-6H3,(H,29,33). The van der Waals surface area contributed by atoms with Gasteiger partial charge in [0.25, 0.3) is 0 Å². The fraction of sp³-hybridized carbons (Fsp3) is 0.481. The summed E-state index contributed by atoms with van der Waals surface area (Å²) in [4.78, 5) is 27.4. The molecule has 198 valence electrons. The minimum atomic E-state index is -3.58. The number of hydrogen-bond donors (Lipinski definition) is 1. The molecule has 0 heterocycles. The lowest BCUT2D eigenvalue weighted by atomic mass is 10.1. The zero-order valence-electron chi connectivity index (χ0n) is 22.0. The first-order valence-corrected chi connectivity index (χ1v) is 14.0. The van der Waals surface area contributed by atoms with E-state index >= 15 is 0 Å². The van der Waals surface area contributed by atoms with E-state index in [1.54, 1.807) is 37.3 Å². The molecule has 0 aromatic heterocycles. The van der Waals surface area contributed by atoms with Gasteiger partial charge in [0.05, 0.1) is 11.9 Å². The summed E-state index contributed by atoms with van der Waals surface area (Å²) >= 11 is 0. The first kappa shape index (κ1) is 29.3. The highest BCUT2D eigenvalue weighted by Gasteiger charge is 2.27. The Morgan fingerprint density at radius 2 is 1.69 bits per heavy atom. The largest absolute Gasteiger partial charge is 0.354 e. The first-order valence-electron chi connectivity index (χ1n) is 12.2. The predicted octanol–water partition coefficient (Wildman–Crippen LogP) is 4.18. The van der Waals surface area contributed by atoms with E-state index in [2.05, 4.69) is 5.32 Å². The van der Waals surface area contributed by atoms with Crippen LogP contribution in [0, 0.1) is 25.6 Å². The zero-order valence-corrected chi connectivity index (χ0v) is 22.9. The third kappa shape index (κ3) is 8.05. The fourth-order valence-corrected chi connectivity index (χ4v) is 4.85. The smallest absolute Gasteiger partial charge is 0.242 e. The van der Waals surface area contributed by atoms with Gasteiger partial charge in [-0.2, -0.15) is 0 Å². The number of aryl methyl sites for hydroxylation is 1. The van der Waals surface area contributed by atoms with Gasteiger partial charge in [-0.3, -0.25) is 13.9 Å². The van der Waals surface area contributed by atoms with Crippen LogP contribution in [0.4, 0.5) is 10.1 Å². The number of anilines is 1. The van der Waals surface area contributed by atoms with Crippen molar-refractivity contribution in [1.29, 1.82) is 0 Å². The number of carbonyl (C=O) groups is 2. The third-order valence-corrected chi connectivity index (χ3v) is 7.33. The van der Waals surface area contributed by atoms with Gasteiger partial charge in [-0.1, -0.05) is 44.2 Å². The summed E-state index contributed by atoms with van der Waals surface area (Å²) in [5.41, 5.74) is 2.71. The summed E-state index contributed by atoms with van der Waals surface area (Å²) in [7, 11) is -3.58. The molecule has 7 nitrogen and oxygen atoms in total. The molecule has 1 unspecified atom stereocenters. The molecule has 2 aromatic carbocycles. The van der Waals surface area contributed by atoms with Crippen molar-refractivity contribution in [2.24, 2.45) is 5.92 Å². The molecule has 0 aliphatic heterocycles. The highest BCUT2D eigenvalue weighted by Crippen LogP contribution is 2.25. The van der Waals surface area contributed by atoms with Gasteiger partial charge in [-0.25, -0.2) is 12.8 Å². The molecule has 0 bridgehead atoms. The summed E-state index contributed by atoms with van der Waals surface area (Å²) in [5.74, 6) is -0.881. The first-order chi connectivity index (χ1) is 16.8. The number of amides is 2. The van der Waals surface area contributed by atoms with E-state index in [9.17, 15) is 22.4 Å². The van der Waals surface area contributed by atoms with Crippen LogP contribution in [0.15, 0.2) is 42.5 Å². The van der Waals surface area contributed by atoms with Crippen LogP contribution in [0.5, 0.6) is 0 Å². The quantitative estimate of drug-likeness (QED) is 0.456. The lowest BCUT2D eigenvalue weighted by Crippen LogP contribution is -2.48. The Labute approximate surface area is 214 Å². The molecular weight excluding hydrogens is 481 g/mol. The van der Waals surface area contributed by atoms with Crippen LogP contribution in [0.1, 0.15) is 50.3 Å². The number of nitrogens with one attached hydrogen (secondary N) is 1. The maximum absolute atomic E-state index is 14.4. The van der Waals surface area contributed by atoms with Crippen LogP contribution in [0.25, 0.3) is 0 Å². The number of nitrogens with zero attached hydrogens (tertiary/aromatic N) is 2. The minimum Gasteiger partial charge on any atom is -0.354 e. The molecule has 2 rings (SSSR count). The second-order valence-electron chi connectivity index (χ2n) is 9.59. The Balaban J connectivity index is 2.21. The highest BCUT2D eigenvalue weighted by molar-refractivity contribution is 7.92. The van der Waals surface area contributed by atoms with Gasteiger partial charge in [0.1, 0.15) is 11.9 Å². The van der Waals surface area contributed by atoms with Gasteiger partial charge >= 0.3 is 0 Å². The Hall–Kier alpha value is -2.94. The second kappa shape index (κ2) is 12.9. The maximum Gasteiger partial charge on any atom is 0.242 e. The monoisotopic (exact) mass is 519 g/mol. The van der Waals surface area contributed by atoms with Crippen LogP contribution >= 0.6 is 0 Å². The molecule has 0 radical (unpaired) electrons. The summed E-state index contributed by atoms with van der Waals surface area (Å²) in [6, 6.07) is 10.8. The molecule has 9 heteroatoms. The van der Waals surface area contributed by atoms with Gasteiger partial charge in [-0.05, 0) is 56.4 Å². The molecule has 0 aliphatic carbocycles. The van der Waals surface area contributed by atoms with E-state index in [1.807, 2.05) is 33.8 Å². The average molecular weight is 520 g/mol. The van der Waals surface area contributed by atoms with E-state index in [4.69, 9.17) is 0 Å². The topological polar surface area (TPSA) is 86.8 Å². The lowest BCUT2D eigenvalue weighted by molar-refractivity contribution is -0.140. The molecule has 0 aliphatic rings. The van der Waals surface area contributed by atoms with E-state index in [1.165, 1.54) is 15.3 Å². The number of rotatable bonds is 12. The van der Waals surface area contributed by atoms with Gasteiger partial charge in [-0.15, -0.1) is 0 Å². The number of benzene rings is 2. The number of hydrogen-bond acceptors (Lipinski definition) is 4. The Kier molecular flexibility index (Phi) is 10.5. The van der Waals surface area contributed by atoms with Gasteiger partial charge in [0.2, 0.25) is 21.8 Å². The van der Waals surface area contributed by atoms with Crippen molar-refractivity contribution in [1.82, 2.24) is 10.2 Å². The molecular formula is C27H38FN3O4S. The number of halogens is 1. The molecule has 0 saturated heterocycles. The Morgan fingerprint density at radius 1 is 1.03 bits per heavy atom. The van der Waals surface area contributed by atoms with Crippen molar-refractivity contribution in [2.45, 2.75) is 60.0 Å². The Morgan fingerprint density at radius 3 is 2.31 bits per heavy atom. The summed E-state index contributed by atoms with van der Waals surface area (Å²) in [5, 5.41) is 2.83. The summed E-state index contributed by atoms with van der Waals surface area (Å²) in [6.07, 6.45) is 1.39. The van der Waals surface area contributed by atoms with E-state index in [-0.39, 0.29) is 43.7 Å². The lowest BCUT2D eigenvalue weighted by Gasteiger charge is -2.30. The highest BCUT2D eigenvalue weighted by atomic mass is 32.2. The fourth-order valence-electron chi connectivity index (χ4n) is 3.83. The third-order valence-electron chi connectivity index (χ3n) is 6.15. The predicted molar refractivity (Wildman–Crippen MR) is 142 cm³/mol. The van der Waals surface area contributed by atoms with Crippen molar-refractivity contribution in [2.75, 3.05) is 23.7 Å². The number of sulfonamides is 1.